The Bertz CT molecular complexity index is 838. The number of benzene rings is 1. The zero-order valence-corrected chi connectivity index (χ0v) is 15.7. The highest BCUT2D eigenvalue weighted by atomic mass is 32.2. The van der Waals surface area contributed by atoms with Crippen LogP contribution in [-0.4, -0.2) is 27.0 Å². The second kappa shape index (κ2) is 7.23. The van der Waals surface area contributed by atoms with Crippen molar-refractivity contribution >= 4 is 22.5 Å². The Labute approximate surface area is 155 Å². The standard InChI is InChI=1S/C19H23N3O3S/c1-25-15-9-7-14(8-10-15)22-18(16-11-26(24)12-17(16)21-22)20-19(23)13-5-3-2-4-6-13/h7-10,13H,2-6,11-12H2,1H3,(H,20,23)/t26-/m1/s1. The highest BCUT2D eigenvalue weighted by Crippen LogP contribution is 2.33. The highest BCUT2D eigenvalue weighted by Gasteiger charge is 2.30. The van der Waals surface area contributed by atoms with Gasteiger partial charge in [-0.3, -0.25) is 9.00 Å². The van der Waals surface area contributed by atoms with Gasteiger partial charge in [0.2, 0.25) is 5.91 Å². The molecule has 1 N–H and O–H groups in total. The number of anilines is 1. The number of aromatic nitrogens is 2. The van der Waals surface area contributed by atoms with Crippen LogP contribution < -0.4 is 10.1 Å². The molecule has 7 heteroatoms. The summed E-state index contributed by atoms with van der Waals surface area (Å²) in [5.41, 5.74) is 2.58. The minimum Gasteiger partial charge on any atom is -0.497 e. The Morgan fingerprint density at radius 2 is 1.92 bits per heavy atom. The molecule has 1 aromatic heterocycles. The molecule has 1 aliphatic heterocycles. The van der Waals surface area contributed by atoms with Crippen molar-refractivity contribution in [1.82, 2.24) is 9.78 Å². The monoisotopic (exact) mass is 373 g/mol. The van der Waals surface area contributed by atoms with Crippen LogP contribution in [0.2, 0.25) is 0 Å². The molecule has 2 aromatic rings. The van der Waals surface area contributed by atoms with Crippen molar-refractivity contribution in [3.63, 3.8) is 0 Å². The molecule has 0 bridgehead atoms. The van der Waals surface area contributed by atoms with Crippen LogP contribution in [0.1, 0.15) is 43.4 Å². The lowest BCUT2D eigenvalue weighted by Crippen LogP contribution is -2.26. The summed E-state index contributed by atoms with van der Waals surface area (Å²) in [7, 11) is 0.693. The summed E-state index contributed by atoms with van der Waals surface area (Å²) in [4.78, 5) is 12.8. The van der Waals surface area contributed by atoms with E-state index in [4.69, 9.17) is 4.74 Å². The Morgan fingerprint density at radius 3 is 2.62 bits per heavy atom. The second-order valence-electron chi connectivity index (χ2n) is 6.94. The van der Waals surface area contributed by atoms with Crippen LogP contribution in [0.15, 0.2) is 24.3 Å². The van der Waals surface area contributed by atoms with Crippen LogP contribution in [-0.2, 0) is 27.1 Å². The van der Waals surface area contributed by atoms with Gasteiger partial charge < -0.3 is 10.1 Å². The third-order valence-electron chi connectivity index (χ3n) is 5.20. The highest BCUT2D eigenvalue weighted by molar-refractivity contribution is 7.83. The summed E-state index contributed by atoms with van der Waals surface area (Å²) in [5.74, 6) is 2.45. The summed E-state index contributed by atoms with van der Waals surface area (Å²) in [6, 6.07) is 7.56. The molecule has 1 saturated carbocycles. The number of fused-ring (bicyclic) bond motifs is 1. The number of ether oxygens (including phenoxy) is 1. The molecule has 0 saturated heterocycles. The summed E-state index contributed by atoms with van der Waals surface area (Å²) >= 11 is 0. The number of methoxy groups -OCH3 is 1. The molecule has 26 heavy (non-hydrogen) atoms. The Hall–Kier alpha value is -2.15. The number of hydrogen-bond donors (Lipinski definition) is 1. The topological polar surface area (TPSA) is 73.2 Å². The van der Waals surface area contributed by atoms with E-state index in [9.17, 15) is 9.00 Å². The lowest BCUT2D eigenvalue weighted by Gasteiger charge is -2.21. The fourth-order valence-corrected chi connectivity index (χ4v) is 5.01. The predicted molar refractivity (Wildman–Crippen MR) is 101 cm³/mol. The van der Waals surface area contributed by atoms with Gasteiger partial charge in [0.15, 0.2) is 0 Å². The molecule has 1 atom stereocenters. The molecule has 1 aromatic carbocycles. The number of amides is 1. The molecule has 1 amide bonds. The van der Waals surface area contributed by atoms with Crippen molar-refractivity contribution in [2.24, 2.45) is 5.92 Å². The van der Waals surface area contributed by atoms with Gasteiger partial charge in [-0.15, -0.1) is 0 Å². The van der Waals surface area contributed by atoms with E-state index in [1.165, 1.54) is 6.42 Å². The Kier molecular flexibility index (Phi) is 4.80. The number of carbonyl (C=O) groups is 1. The van der Waals surface area contributed by atoms with Crippen LogP contribution >= 0.6 is 0 Å². The van der Waals surface area contributed by atoms with E-state index in [0.29, 0.717) is 17.3 Å². The predicted octanol–water partition coefficient (Wildman–Crippen LogP) is 3.16. The van der Waals surface area contributed by atoms with Crippen molar-refractivity contribution in [1.29, 1.82) is 0 Å². The van der Waals surface area contributed by atoms with Crippen molar-refractivity contribution < 1.29 is 13.7 Å². The Balaban J connectivity index is 1.67. The molecular weight excluding hydrogens is 350 g/mol. The second-order valence-corrected chi connectivity index (χ2v) is 8.39. The number of rotatable bonds is 4. The molecule has 4 rings (SSSR count). The average Bonchev–Trinajstić information content (AvgIpc) is 3.19. The van der Waals surface area contributed by atoms with Gasteiger partial charge in [-0.25, -0.2) is 4.68 Å². The van der Waals surface area contributed by atoms with E-state index in [1.807, 2.05) is 24.3 Å². The van der Waals surface area contributed by atoms with Gasteiger partial charge >= 0.3 is 0 Å². The smallest absolute Gasteiger partial charge is 0.228 e. The fraction of sp³-hybridized carbons (Fsp3) is 0.474. The summed E-state index contributed by atoms with van der Waals surface area (Å²) < 4.78 is 18.9. The molecule has 0 unspecified atom stereocenters. The van der Waals surface area contributed by atoms with Gasteiger partial charge in [0.05, 0.1) is 30.0 Å². The molecule has 2 aliphatic rings. The zero-order chi connectivity index (χ0) is 18.1. The largest absolute Gasteiger partial charge is 0.497 e. The summed E-state index contributed by atoms with van der Waals surface area (Å²) in [5, 5.41) is 7.74. The Morgan fingerprint density at radius 1 is 1.19 bits per heavy atom. The molecular formula is C19H23N3O3S. The average molecular weight is 373 g/mol. The summed E-state index contributed by atoms with van der Waals surface area (Å²) in [6.07, 6.45) is 5.31. The van der Waals surface area contributed by atoms with Gasteiger partial charge in [-0.1, -0.05) is 19.3 Å². The zero-order valence-electron chi connectivity index (χ0n) is 14.9. The maximum atomic E-state index is 12.8. The van der Waals surface area contributed by atoms with Crippen LogP contribution in [0.25, 0.3) is 5.69 Å². The molecule has 6 nitrogen and oxygen atoms in total. The lowest BCUT2D eigenvalue weighted by atomic mass is 9.88. The van der Waals surface area contributed by atoms with Crippen molar-refractivity contribution in [2.45, 2.75) is 43.6 Å². The normalized spacial score (nSPS) is 20.0. The van der Waals surface area contributed by atoms with Crippen molar-refractivity contribution in [3.8, 4) is 11.4 Å². The first-order valence-electron chi connectivity index (χ1n) is 9.06. The number of carbonyl (C=O) groups excluding carboxylic acids is 1. The molecule has 0 radical (unpaired) electrons. The molecule has 0 spiro atoms. The van der Waals surface area contributed by atoms with E-state index in [2.05, 4.69) is 10.4 Å². The van der Waals surface area contributed by atoms with E-state index in [1.54, 1.807) is 11.8 Å². The molecule has 138 valence electrons. The quantitative estimate of drug-likeness (QED) is 0.893. The fourth-order valence-electron chi connectivity index (χ4n) is 3.75. The van der Waals surface area contributed by atoms with E-state index in [0.717, 1.165) is 48.4 Å². The number of hydrogen-bond acceptors (Lipinski definition) is 4. The maximum Gasteiger partial charge on any atom is 0.228 e. The van der Waals surface area contributed by atoms with Crippen LogP contribution in [0.3, 0.4) is 0 Å². The van der Waals surface area contributed by atoms with Crippen LogP contribution in [0.5, 0.6) is 5.75 Å². The lowest BCUT2D eigenvalue weighted by molar-refractivity contribution is -0.120. The first-order chi connectivity index (χ1) is 12.7. The SMILES string of the molecule is COc1ccc(-n2nc3c(c2NC(=O)C2CCCCC2)C[S@@](=O)C3)cc1. The first-order valence-corrected chi connectivity index (χ1v) is 10.6. The van der Waals surface area contributed by atoms with Crippen LogP contribution in [0, 0.1) is 5.92 Å². The van der Waals surface area contributed by atoms with Gasteiger partial charge in [0.25, 0.3) is 0 Å². The van der Waals surface area contributed by atoms with Gasteiger partial charge in [-0.2, -0.15) is 5.10 Å². The van der Waals surface area contributed by atoms with E-state index >= 15 is 0 Å². The van der Waals surface area contributed by atoms with Gasteiger partial charge in [-0.05, 0) is 37.1 Å². The van der Waals surface area contributed by atoms with Crippen LogP contribution in [0.4, 0.5) is 5.82 Å². The van der Waals surface area contributed by atoms with E-state index < -0.39 is 10.8 Å². The van der Waals surface area contributed by atoms with Gasteiger partial charge in [0, 0.05) is 22.3 Å². The number of nitrogens with zero attached hydrogens (tertiary/aromatic N) is 2. The third-order valence-corrected chi connectivity index (χ3v) is 6.41. The molecule has 1 fully saturated rings. The third kappa shape index (κ3) is 3.28. The van der Waals surface area contributed by atoms with Crippen molar-refractivity contribution in [2.75, 3.05) is 12.4 Å². The maximum absolute atomic E-state index is 12.8. The van der Waals surface area contributed by atoms with E-state index in [-0.39, 0.29) is 11.8 Å². The minimum absolute atomic E-state index is 0.0554. The molecule has 2 heterocycles. The van der Waals surface area contributed by atoms with Crippen molar-refractivity contribution in [3.05, 3.63) is 35.5 Å². The first kappa shape index (κ1) is 17.3. The minimum atomic E-state index is -0.935. The van der Waals surface area contributed by atoms with Gasteiger partial charge in [0.1, 0.15) is 11.6 Å². The number of nitrogens with one attached hydrogen (secondary N) is 1. The molecule has 1 aliphatic carbocycles. The summed E-state index contributed by atoms with van der Waals surface area (Å²) in [6.45, 7) is 0.